The van der Waals surface area contributed by atoms with Crippen molar-refractivity contribution in [2.24, 2.45) is 0 Å². The first kappa shape index (κ1) is 12.9. The van der Waals surface area contributed by atoms with E-state index in [1.165, 1.54) is 12.1 Å². The summed E-state index contributed by atoms with van der Waals surface area (Å²) >= 11 is 0. The molecule has 0 aromatic heterocycles. The minimum Gasteiger partial charge on any atom is -0.375 e. The Kier molecular flexibility index (Phi) is 4.22. The van der Waals surface area contributed by atoms with Crippen LogP contribution in [0.2, 0.25) is 0 Å². The number of carbonyl (C=O) groups is 1. The van der Waals surface area contributed by atoms with Crippen molar-refractivity contribution in [3.05, 3.63) is 29.8 Å². The number of anilines is 1. The number of benzene rings is 1. The van der Waals surface area contributed by atoms with Crippen LogP contribution in [0.3, 0.4) is 0 Å². The van der Waals surface area contributed by atoms with Crippen LogP contribution in [-0.4, -0.2) is 31.7 Å². The molecule has 0 saturated carbocycles. The largest absolute Gasteiger partial charge is 0.375 e. The Morgan fingerprint density at radius 2 is 2.33 bits per heavy atom. The molecule has 1 aromatic carbocycles. The zero-order chi connectivity index (χ0) is 13.0. The minimum atomic E-state index is -1.05. The molecule has 0 bridgehead atoms. The minimum absolute atomic E-state index is 0.114. The van der Waals surface area contributed by atoms with Crippen molar-refractivity contribution in [1.82, 2.24) is 5.32 Å². The molecule has 18 heavy (non-hydrogen) atoms. The Hall–Kier alpha value is -1.53. The highest BCUT2D eigenvalue weighted by atomic mass is 19.2. The monoisotopic (exact) mass is 256 g/mol. The van der Waals surface area contributed by atoms with Crippen LogP contribution >= 0.6 is 0 Å². The molecule has 1 unspecified atom stereocenters. The first-order valence-corrected chi connectivity index (χ1v) is 5.73. The quantitative estimate of drug-likeness (QED) is 0.856. The third-order valence-corrected chi connectivity index (χ3v) is 2.64. The second kappa shape index (κ2) is 5.88. The van der Waals surface area contributed by atoms with Crippen LogP contribution in [0.5, 0.6) is 0 Å². The summed E-state index contributed by atoms with van der Waals surface area (Å²) in [5.74, 6) is -2.43. The number of ether oxygens (including phenoxy) is 1. The van der Waals surface area contributed by atoms with Crippen LogP contribution in [0.1, 0.15) is 6.42 Å². The number of halogens is 2. The molecule has 0 spiro atoms. The van der Waals surface area contributed by atoms with Crippen molar-refractivity contribution >= 4 is 11.6 Å². The molecule has 0 aliphatic carbocycles. The SMILES string of the molecule is O=C(CC1CNCCO1)Nc1cccc(F)c1F. The second-order valence-electron chi connectivity index (χ2n) is 4.05. The Morgan fingerprint density at radius 3 is 3.06 bits per heavy atom. The van der Waals surface area contributed by atoms with Gasteiger partial charge in [-0.05, 0) is 12.1 Å². The number of hydrogen-bond acceptors (Lipinski definition) is 3. The van der Waals surface area contributed by atoms with Crippen LogP contribution in [0.25, 0.3) is 0 Å². The zero-order valence-corrected chi connectivity index (χ0v) is 9.71. The summed E-state index contributed by atoms with van der Waals surface area (Å²) in [7, 11) is 0. The van der Waals surface area contributed by atoms with Gasteiger partial charge in [-0.3, -0.25) is 4.79 Å². The Morgan fingerprint density at radius 1 is 1.50 bits per heavy atom. The van der Waals surface area contributed by atoms with Gasteiger partial charge in [-0.2, -0.15) is 0 Å². The molecule has 0 radical (unpaired) electrons. The fourth-order valence-electron chi connectivity index (χ4n) is 1.76. The maximum atomic E-state index is 13.3. The van der Waals surface area contributed by atoms with Crippen LogP contribution < -0.4 is 10.6 Å². The summed E-state index contributed by atoms with van der Waals surface area (Å²) in [6.07, 6.45) is -0.112. The summed E-state index contributed by atoms with van der Waals surface area (Å²) < 4.78 is 31.6. The van der Waals surface area contributed by atoms with Gasteiger partial charge in [0.05, 0.1) is 24.8 Å². The molecule has 1 aliphatic heterocycles. The lowest BCUT2D eigenvalue weighted by Crippen LogP contribution is -2.40. The molecule has 6 heteroatoms. The van der Waals surface area contributed by atoms with Gasteiger partial charge < -0.3 is 15.4 Å². The van der Waals surface area contributed by atoms with E-state index in [1.807, 2.05) is 0 Å². The summed E-state index contributed by atoms with van der Waals surface area (Å²) in [6, 6.07) is 3.65. The molecule has 1 heterocycles. The Balaban J connectivity index is 1.92. The smallest absolute Gasteiger partial charge is 0.227 e. The number of nitrogens with one attached hydrogen (secondary N) is 2. The summed E-state index contributed by atoms with van der Waals surface area (Å²) in [6.45, 7) is 1.89. The van der Waals surface area contributed by atoms with Crippen LogP contribution in [0.4, 0.5) is 14.5 Å². The fraction of sp³-hybridized carbons (Fsp3) is 0.417. The summed E-state index contributed by atoms with van der Waals surface area (Å²) in [5, 5.41) is 5.42. The first-order chi connectivity index (χ1) is 8.66. The topological polar surface area (TPSA) is 50.4 Å². The third-order valence-electron chi connectivity index (χ3n) is 2.64. The van der Waals surface area contributed by atoms with Crippen LogP contribution in [-0.2, 0) is 9.53 Å². The standard InChI is InChI=1S/C12H14F2N2O2/c13-9-2-1-3-10(12(9)14)16-11(17)6-8-7-15-4-5-18-8/h1-3,8,15H,4-7H2,(H,16,17). The van der Waals surface area contributed by atoms with E-state index < -0.39 is 17.5 Å². The van der Waals surface area contributed by atoms with E-state index >= 15 is 0 Å². The lowest BCUT2D eigenvalue weighted by molar-refractivity contribution is -0.119. The van der Waals surface area contributed by atoms with Crippen molar-refractivity contribution in [3.8, 4) is 0 Å². The molecule has 1 amide bonds. The lowest BCUT2D eigenvalue weighted by atomic mass is 10.2. The van der Waals surface area contributed by atoms with Gasteiger partial charge in [0.25, 0.3) is 0 Å². The number of hydrogen-bond donors (Lipinski definition) is 2. The molecule has 2 rings (SSSR count). The van der Waals surface area contributed by atoms with E-state index in [4.69, 9.17) is 4.74 Å². The third kappa shape index (κ3) is 3.24. The lowest BCUT2D eigenvalue weighted by Gasteiger charge is -2.23. The van der Waals surface area contributed by atoms with Gasteiger partial charge in [-0.25, -0.2) is 8.78 Å². The van der Waals surface area contributed by atoms with E-state index in [-0.39, 0.29) is 18.2 Å². The zero-order valence-electron chi connectivity index (χ0n) is 9.71. The number of rotatable bonds is 3. The number of carbonyl (C=O) groups excluding carboxylic acids is 1. The first-order valence-electron chi connectivity index (χ1n) is 5.73. The summed E-state index contributed by atoms with van der Waals surface area (Å²) in [5.41, 5.74) is -0.149. The molecular weight excluding hydrogens is 242 g/mol. The molecule has 1 saturated heterocycles. The van der Waals surface area contributed by atoms with Gasteiger partial charge in [0.15, 0.2) is 11.6 Å². The molecule has 1 aliphatic rings. The highest BCUT2D eigenvalue weighted by Crippen LogP contribution is 2.17. The van der Waals surface area contributed by atoms with Crippen molar-refractivity contribution in [2.75, 3.05) is 25.0 Å². The molecule has 4 nitrogen and oxygen atoms in total. The van der Waals surface area contributed by atoms with Gasteiger partial charge in [0.2, 0.25) is 5.91 Å². The van der Waals surface area contributed by atoms with Crippen LogP contribution in [0, 0.1) is 11.6 Å². The molecule has 1 aromatic rings. The normalized spacial score (nSPS) is 19.6. The van der Waals surface area contributed by atoms with Gasteiger partial charge in [0.1, 0.15) is 0 Å². The van der Waals surface area contributed by atoms with Crippen molar-refractivity contribution in [1.29, 1.82) is 0 Å². The average molecular weight is 256 g/mol. The highest BCUT2D eigenvalue weighted by Gasteiger charge is 2.18. The maximum absolute atomic E-state index is 13.3. The fourth-order valence-corrected chi connectivity index (χ4v) is 1.76. The number of morpholine rings is 1. The molecule has 1 fully saturated rings. The predicted molar refractivity (Wildman–Crippen MR) is 62.2 cm³/mol. The van der Waals surface area contributed by atoms with Gasteiger partial charge in [-0.1, -0.05) is 6.07 Å². The molecule has 2 N–H and O–H groups in total. The summed E-state index contributed by atoms with van der Waals surface area (Å²) in [4.78, 5) is 11.6. The van der Waals surface area contributed by atoms with E-state index in [1.54, 1.807) is 0 Å². The van der Waals surface area contributed by atoms with E-state index in [0.717, 1.165) is 12.6 Å². The average Bonchev–Trinajstić information content (AvgIpc) is 2.36. The molecule has 98 valence electrons. The second-order valence-corrected chi connectivity index (χ2v) is 4.05. The van der Waals surface area contributed by atoms with Crippen molar-refractivity contribution in [2.45, 2.75) is 12.5 Å². The predicted octanol–water partition coefficient (Wildman–Crippen LogP) is 1.28. The highest BCUT2D eigenvalue weighted by molar-refractivity contribution is 5.91. The molecular formula is C12H14F2N2O2. The van der Waals surface area contributed by atoms with E-state index in [9.17, 15) is 13.6 Å². The van der Waals surface area contributed by atoms with Gasteiger partial charge >= 0.3 is 0 Å². The van der Waals surface area contributed by atoms with Crippen LogP contribution in [0.15, 0.2) is 18.2 Å². The van der Waals surface area contributed by atoms with Gasteiger partial charge in [-0.15, -0.1) is 0 Å². The Bertz CT molecular complexity index is 434. The molecule has 1 atom stereocenters. The maximum Gasteiger partial charge on any atom is 0.227 e. The number of amides is 1. The Labute approximate surface area is 103 Å². The van der Waals surface area contributed by atoms with Crippen molar-refractivity contribution in [3.63, 3.8) is 0 Å². The van der Waals surface area contributed by atoms with E-state index in [2.05, 4.69) is 10.6 Å². The van der Waals surface area contributed by atoms with Gasteiger partial charge in [0, 0.05) is 13.1 Å². The van der Waals surface area contributed by atoms with Crippen molar-refractivity contribution < 1.29 is 18.3 Å². The van der Waals surface area contributed by atoms with E-state index in [0.29, 0.717) is 13.2 Å².